The Hall–Kier alpha value is -0.810. The summed E-state index contributed by atoms with van der Waals surface area (Å²) < 4.78 is 29.1. The molecular formula is C8H15NO3S. The normalized spacial score (nSPS) is 10.9. The second kappa shape index (κ2) is 5.04. The van der Waals surface area contributed by atoms with Gasteiger partial charge in [-0.25, -0.2) is 0 Å². The maximum Gasteiger partial charge on any atom is 0.264 e. The highest BCUT2D eigenvalue weighted by Gasteiger charge is 2.05. The van der Waals surface area contributed by atoms with E-state index in [4.69, 9.17) is 4.55 Å². The van der Waals surface area contributed by atoms with Gasteiger partial charge in [-0.1, -0.05) is 13.2 Å². The molecule has 0 rings (SSSR count). The molecule has 0 aliphatic rings. The molecule has 76 valence electrons. The number of likely N-dealkylation sites (N-methyl/N-ethyl adjacent to an activating group) is 1. The minimum absolute atomic E-state index is 0.220. The van der Waals surface area contributed by atoms with Crippen molar-refractivity contribution < 1.29 is 13.0 Å². The molecule has 0 aromatic heterocycles. The average Bonchev–Trinajstić information content (AvgIpc) is 2.00. The van der Waals surface area contributed by atoms with Crippen LogP contribution in [0.3, 0.4) is 0 Å². The molecule has 0 saturated heterocycles. The number of allylic oxidation sites excluding steroid dienone is 1. The van der Waals surface area contributed by atoms with Gasteiger partial charge in [0.05, 0.1) is 5.75 Å². The largest absolute Gasteiger partial charge is 0.375 e. The van der Waals surface area contributed by atoms with Gasteiger partial charge >= 0.3 is 0 Å². The number of rotatable bonds is 6. The minimum Gasteiger partial charge on any atom is -0.375 e. The molecule has 5 heteroatoms. The molecule has 0 aliphatic heterocycles. The van der Waals surface area contributed by atoms with Crippen molar-refractivity contribution in [3.63, 3.8) is 0 Å². The van der Waals surface area contributed by atoms with Crippen molar-refractivity contribution in [2.24, 2.45) is 0 Å². The van der Waals surface area contributed by atoms with Crippen LogP contribution in [0.1, 0.15) is 6.42 Å². The third-order valence-electron chi connectivity index (χ3n) is 1.62. The highest BCUT2D eigenvalue weighted by Crippen LogP contribution is 2.00. The lowest BCUT2D eigenvalue weighted by atomic mass is 10.4. The molecule has 0 aromatic rings. The molecule has 0 unspecified atom stereocenters. The molecule has 0 heterocycles. The second-order valence-electron chi connectivity index (χ2n) is 2.76. The third-order valence-corrected chi connectivity index (χ3v) is 2.43. The zero-order valence-corrected chi connectivity index (χ0v) is 8.55. The molecule has 0 radical (unpaired) electrons. The average molecular weight is 205 g/mol. The standard InChI is InChI=1S/C8H15NO3S/c1-4-8(2)9(3)6-5-7-13(10,11)12/h4H,1-2,5-7H2,3H3,(H,10,11,12). The Morgan fingerprint density at radius 3 is 2.54 bits per heavy atom. The highest BCUT2D eigenvalue weighted by atomic mass is 32.2. The smallest absolute Gasteiger partial charge is 0.264 e. The van der Waals surface area contributed by atoms with E-state index in [2.05, 4.69) is 13.2 Å². The number of hydrogen-bond acceptors (Lipinski definition) is 3. The lowest BCUT2D eigenvalue weighted by Crippen LogP contribution is -2.19. The SMILES string of the molecule is C=CC(=C)N(C)CCCS(=O)(=O)O. The predicted octanol–water partition coefficient (Wildman–Crippen LogP) is 0.896. The molecule has 0 bridgehead atoms. The van der Waals surface area contributed by atoms with Gasteiger partial charge in [0.25, 0.3) is 10.1 Å². The van der Waals surface area contributed by atoms with Crippen LogP contribution in [0.15, 0.2) is 24.9 Å². The van der Waals surface area contributed by atoms with Crippen LogP contribution < -0.4 is 0 Å². The summed E-state index contributed by atoms with van der Waals surface area (Å²) in [5.41, 5.74) is 0.732. The van der Waals surface area contributed by atoms with Crippen LogP contribution in [0, 0.1) is 0 Å². The molecule has 4 nitrogen and oxygen atoms in total. The highest BCUT2D eigenvalue weighted by molar-refractivity contribution is 7.85. The van der Waals surface area contributed by atoms with E-state index in [1.54, 1.807) is 18.0 Å². The Labute approximate surface area is 79.3 Å². The van der Waals surface area contributed by atoms with Gasteiger partial charge in [0.2, 0.25) is 0 Å². The van der Waals surface area contributed by atoms with E-state index in [0.717, 1.165) is 5.70 Å². The van der Waals surface area contributed by atoms with Crippen LogP contribution in [0.4, 0.5) is 0 Å². The van der Waals surface area contributed by atoms with Crippen LogP contribution in [0.5, 0.6) is 0 Å². The Kier molecular flexibility index (Phi) is 4.72. The zero-order valence-electron chi connectivity index (χ0n) is 7.73. The topological polar surface area (TPSA) is 57.6 Å². The van der Waals surface area contributed by atoms with Crippen molar-refractivity contribution in [3.05, 3.63) is 24.9 Å². The van der Waals surface area contributed by atoms with Gasteiger partial charge < -0.3 is 4.90 Å². The molecule has 0 saturated carbocycles. The van der Waals surface area contributed by atoms with Crippen molar-refractivity contribution in [2.75, 3.05) is 19.3 Å². The molecule has 1 N–H and O–H groups in total. The maximum absolute atomic E-state index is 10.3. The van der Waals surface area contributed by atoms with Gasteiger partial charge in [-0.2, -0.15) is 8.42 Å². The molecule has 0 aromatic carbocycles. The molecule has 0 aliphatic carbocycles. The molecule has 0 spiro atoms. The third kappa shape index (κ3) is 6.36. The Morgan fingerprint density at radius 1 is 1.62 bits per heavy atom. The number of nitrogens with zero attached hydrogens (tertiary/aromatic N) is 1. The van der Waals surface area contributed by atoms with E-state index < -0.39 is 10.1 Å². The van der Waals surface area contributed by atoms with Crippen molar-refractivity contribution >= 4 is 10.1 Å². The van der Waals surface area contributed by atoms with E-state index in [9.17, 15) is 8.42 Å². The van der Waals surface area contributed by atoms with Crippen molar-refractivity contribution in [3.8, 4) is 0 Å². The summed E-state index contributed by atoms with van der Waals surface area (Å²) in [5.74, 6) is -0.220. The van der Waals surface area contributed by atoms with Crippen LogP contribution in [0.2, 0.25) is 0 Å². The Balaban J connectivity index is 3.78. The summed E-state index contributed by atoms with van der Waals surface area (Å²) in [6.45, 7) is 7.75. The molecule has 0 fully saturated rings. The van der Waals surface area contributed by atoms with Crippen molar-refractivity contribution in [1.82, 2.24) is 4.90 Å². The quantitative estimate of drug-likeness (QED) is 0.517. The lowest BCUT2D eigenvalue weighted by molar-refractivity contribution is 0.423. The summed E-state index contributed by atoms with van der Waals surface area (Å²) in [7, 11) is -2.05. The predicted molar refractivity (Wildman–Crippen MR) is 53.0 cm³/mol. The summed E-state index contributed by atoms with van der Waals surface area (Å²) in [5, 5.41) is 0. The minimum atomic E-state index is -3.83. The number of hydrogen-bond donors (Lipinski definition) is 1. The molecule has 13 heavy (non-hydrogen) atoms. The van der Waals surface area contributed by atoms with E-state index >= 15 is 0 Å². The van der Waals surface area contributed by atoms with Gasteiger partial charge in [-0.3, -0.25) is 4.55 Å². The first-order valence-corrected chi connectivity index (χ1v) is 5.45. The maximum atomic E-state index is 10.3. The van der Waals surface area contributed by atoms with Crippen LogP contribution in [0.25, 0.3) is 0 Å². The van der Waals surface area contributed by atoms with Gasteiger partial charge in [-0.15, -0.1) is 0 Å². The first-order chi connectivity index (χ1) is 5.87. The summed E-state index contributed by atoms with van der Waals surface area (Å²) in [6.07, 6.45) is 1.97. The van der Waals surface area contributed by atoms with Gasteiger partial charge in [-0.05, 0) is 12.5 Å². The fourth-order valence-electron chi connectivity index (χ4n) is 0.784. The van der Waals surface area contributed by atoms with E-state index in [1.807, 2.05) is 0 Å². The fraction of sp³-hybridized carbons (Fsp3) is 0.500. The first-order valence-electron chi connectivity index (χ1n) is 3.84. The Morgan fingerprint density at radius 2 is 2.15 bits per heavy atom. The van der Waals surface area contributed by atoms with Crippen LogP contribution in [-0.4, -0.2) is 37.2 Å². The van der Waals surface area contributed by atoms with Crippen molar-refractivity contribution in [1.29, 1.82) is 0 Å². The first kappa shape index (κ1) is 12.2. The van der Waals surface area contributed by atoms with Gasteiger partial charge in [0.1, 0.15) is 0 Å². The molecule has 0 atom stereocenters. The molecular weight excluding hydrogens is 190 g/mol. The van der Waals surface area contributed by atoms with Crippen LogP contribution in [-0.2, 0) is 10.1 Å². The summed E-state index contributed by atoms with van der Waals surface area (Å²) >= 11 is 0. The molecule has 0 amide bonds. The van der Waals surface area contributed by atoms with Gasteiger partial charge in [0, 0.05) is 19.3 Å². The van der Waals surface area contributed by atoms with E-state index in [1.165, 1.54) is 0 Å². The van der Waals surface area contributed by atoms with E-state index in [-0.39, 0.29) is 5.75 Å². The monoisotopic (exact) mass is 205 g/mol. The summed E-state index contributed by atoms with van der Waals surface area (Å²) in [6, 6.07) is 0. The van der Waals surface area contributed by atoms with Crippen molar-refractivity contribution in [2.45, 2.75) is 6.42 Å². The lowest BCUT2D eigenvalue weighted by Gasteiger charge is -2.18. The Bertz CT molecular complexity index is 282. The van der Waals surface area contributed by atoms with Crippen LogP contribution >= 0.6 is 0 Å². The zero-order chi connectivity index (χ0) is 10.5. The summed E-state index contributed by atoms with van der Waals surface area (Å²) in [4.78, 5) is 1.78. The van der Waals surface area contributed by atoms with E-state index in [0.29, 0.717) is 13.0 Å². The fourth-order valence-corrected chi connectivity index (χ4v) is 1.28. The second-order valence-corrected chi connectivity index (χ2v) is 4.33. The van der Waals surface area contributed by atoms with Gasteiger partial charge in [0.15, 0.2) is 0 Å².